The van der Waals surface area contributed by atoms with E-state index in [1.54, 1.807) is 6.26 Å². The van der Waals surface area contributed by atoms with Gasteiger partial charge in [0.25, 0.3) is 0 Å². The maximum atomic E-state index is 12.7. The molecule has 1 aliphatic rings. The predicted molar refractivity (Wildman–Crippen MR) is 116 cm³/mol. The zero-order valence-corrected chi connectivity index (χ0v) is 18.3. The lowest BCUT2D eigenvalue weighted by atomic mass is 9.85. The second kappa shape index (κ2) is 7.58. The van der Waals surface area contributed by atoms with Gasteiger partial charge in [0.05, 0.1) is 29.7 Å². The fourth-order valence-corrected chi connectivity index (χ4v) is 4.30. The molecular weight excluding hydrogens is 382 g/mol. The summed E-state index contributed by atoms with van der Waals surface area (Å²) in [5.74, 6) is -0.210. The molecule has 4 rings (SSSR count). The lowest BCUT2D eigenvalue weighted by Crippen LogP contribution is -2.34. The van der Waals surface area contributed by atoms with Crippen LogP contribution in [0.3, 0.4) is 0 Å². The standard InChI is InChI=1S/C24H29NO5/c1-13-9-18-21(22-20(13)17(12-29-22)24(3,4)5)14(2)16(23(27)30-18)10-19(26)25-11-15-7-6-8-28-15/h9,12,15H,6-8,10-11H2,1-5H3,(H,25,26)/t15-/m1/s1. The van der Waals surface area contributed by atoms with Crippen LogP contribution in [0.15, 0.2) is 26.0 Å². The average molecular weight is 411 g/mol. The van der Waals surface area contributed by atoms with Gasteiger partial charge in [-0.15, -0.1) is 0 Å². The molecule has 1 atom stereocenters. The van der Waals surface area contributed by atoms with Gasteiger partial charge in [0.2, 0.25) is 5.91 Å². The van der Waals surface area contributed by atoms with Crippen LogP contribution in [-0.2, 0) is 21.4 Å². The molecule has 30 heavy (non-hydrogen) atoms. The first kappa shape index (κ1) is 20.7. The molecule has 1 amide bonds. The van der Waals surface area contributed by atoms with Gasteiger partial charge >= 0.3 is 5.63 Å². The van der Waals surface area contributed by atoms with Crippen LogP contribution >= 0.6 is 0 Å². The van der Waals surface area contributed by atoms with E-state index in [1.807, 2.05) is 19.9 Å². The van der Waals surface area contributed by atoms with Crippen molar-refractivity contribution in [1.29, 1.82) is 0 Å². The summed E-state index contributed by atoms with van der Waals surface area (Å²) in [6, 6.07) is 1.89. The summed E-state index contributed by atoms with van der Waals surface area (Å²) in [4.78, 5) is 25.2. The number of amides is 1. The highest BCUT2D eigenvalue weighted by Gasteiger charge is 2.25. The van der Waals surface area contributed by atoms with E-state index in [0.29, 0.717) is 23.3 Å². The summed E-state index contributed by atoms with van der Waals surface area (Å²) < 4.78 is 17.1. The van der Waals surface area contributed by atoms with Gasteiger partial charge in [0.15, 0.2) is 0 Å². The van der Waals surface area contributed by atoms with E-state index in [-0.39, 0.29) is 23.8 Å². The van der Waals surface area contributed by atoms with Crippen molar-refractivity contribution in [2.24, 2.45) is 0 Å². The highest BCUT2D eigenvalue weighted by Crippen LogP contribution is 2.38. The average Bonchev–Trinajstić information content (AvgIpc) is 3.32. The van der Waals surface area contributed by atoms with E-state index in [4.69, 9.17) is 13.6 Å². The zero-order valence-electron chi connectivity index (χ0n) is 18.3. The largest absolute Gasteiger partial charge is 0.463 e. The van der Waals surface area contributed by atoms with Crippen LogP contribution in [0.4, 0.5) is 0 Å². The molecule has 0 saturated carbocycles. The molecule has 1 aliphatic heterocycles. The number of rotatable bonds is 4. The molecule has 6 nitrogen and oxygen atoms in total. The summed E-state index contributed by atoms with van der Waals surface area (Å²) >= 11 is 0. The number of carbonyl (C=O) groups is 1. The van der Waals surface area contributed by atoms with Crippen molar-refractivity contribution in [3.05, 3.63) is 45.0 Å². The highest BCUT2D eigenvalue weighted by molar-refractivity contribution is 6.07. The van der Waals surface area contributed by atoms with Crippen LogP contribution in [0.5, 0.6) is 0 Å². The van der Waals surface area contributed by atoms with Gasteiger partial charge in [0, 0.05) is 24.1 Å². The van der Waals surface area contributed by atoms with Crippen LogP contribution in [0, 0.1) is 13.8 Å². The summed E-state index contributed by atoms with van der Waals surface area (Å²) in [5, 5.41) is 4.68. The molecule has 1 fully saturated rings. The third-order valence-electron chi connectivity index (χ3n) is 5.98. The molecule has 0 aliphatic carbocycles. The van der Waals surface area contributed by atoms with Crippen molar-refractivity contribution in [2.75, 3.05) is 13.2 Å². The summed E-state index contributed by atoms with van der Waals surface area (Å²) in [6.45, 7) is 11.5. The van der Waals surface area contributed by atoms with Gasteiger partial charge in [-0.05, 0) is 49.3 Å². The minimum absolute atomic E-state index is 0.0287. The second-order valence-corrected chi connectivity index (χ2v) is 9.28. The van der Waals surface area contributed by atoms with Gasteiger partial charge in [-0.2, -0.15) is 0 Å². The Balaban J connectivity index is 1.75. The molecule has 0 radical (unpaired) electrons. The van der Waals surface area contributed by atoms with Gasteiger partial charge in [0.1, 0.15) is 11.2 Å². The number of aryl methyl sites for hydroxylation is 2. The quantitative estimate of drug-likeness (QED) is 0.648. The van der Waals surface area contributed by atoms with Crippen molar-refractivity contribution in [3.63, 3.8) is 0 Å². The molecule has 0 spiro atoms. The molecular formula is C24H29NO5. The number of furan rings is 1. The van der Waals surface area contributed by atoms with Crippen LogP contribution < -0.4 is 10.9 Å². The molecule has 160 valence electrons. The molecule has 0 bridgehead atoms. The molecule has 2 aromatic heterocycles. The Hall–Kier alpha value is -2.60. The predicted octanol–water partition coefficient (Wildman–Crippen LogP) is 4.29. The van der Waals surface area contributed by atoms with Gasteiger partial charge in [-0.3, -0.25) is 4.79 Å². The number of nitrogens with one attached hydrogen (secondary N) is 1. The van der Waals surface area contributed by atoms with E-state index in [9.17, 15) is 9.59 Å². The first-order valence-electron chi connectivity index (χ1n) is 10.5. The van der Waals surface area contributed by atoms with Gasteiger partial charge < -0.3 is 18.9 Å². The van der Waals surface area contributed by atoms with E-state index < -0.39 is 5.63 Å². The first-order valence-corrected chi connectivity index (χ1v) is 10.5. The van der Waals surface area contributed by atoms with Crippen molar-refractivity contribution in [3.8, 4) is 0 Å². The lowest BCUT2D eigenvalue weighted by molar-refractivity contribution is -0.121. The number of carbonyl (C=O) groups excluding carboxylic acids is 1. The molecule has 1 aromatic carbocycles. The molecule has 3 heterocycles. The third kappa shape index (κ3) is 3.65. The maximum Gasteiger partial charge on any atom is 0.340 e. The van der Waals surface area contributed by atoms with Crippen LogP contribution in [0.25, 0.3) is 21.9 Å². The smallest absolute Gasteiger partial charge is 0.340 e. The summed E-state index contributed by atoms with van der Waals surface area (Å²) in [7, 11) is 0. The van der Waals surface area contributed by atoms with E-state index in [2.05, 4.69) is 26.1 Å². The Morgan fingerprint density at radius 2 is 2.00 bits per heavy atom. The van der Waals surface area contributed by atoms with E-state index in [0.717, 1.165) is 46.9 Å². The lowest BCUT2D eigenvalue weighted by Gasteiger charge is -2.17. The fraction of sp³-hybridized carbons (Fsp3) is 0.500. The normalized spacial score (nSPS) is 17.2. The van der Waals surface area contributed by atoms with E-state index >= 15 is 0 Å². The monoisotopic (exact) mass is 411 g/mol. The molecule has 1 saturated heterocycles. The minimum Gasteiger partial charge on any atom is -0.463 e. The topological polar surface area (TPSA) is 81.7 Å². The summed E-state index contributed by atoms with van der Waals surface area (Å²) in [5.41, 5.74) is 3.84. The number of fused-ring (bicyclic) bond motifs is 3. The zero-order chi connectivity index (χ0) is 21.6. The third-order valence-corrected chi connectivity index (χ3v) is 5.98. The Labute approximate surface area is 175 Å². The molecule has 1 N–H and O–H groups in total. The number of ether oxygens (including phenoxy) is 1. The van der Waals surface area contributed by atoms with Crippen LogP contribution in [0.1, 0.15) is 55.9 Å². The van der Waals surface area contributed by atoms with E-state index in [1.165, 1.54) is 0 Å². The molecule has 3 aromatic rings. The number of benzene rings is 1. The first-order chi connectivity index (χ1) is 14.2. The fourth-order valence-electron chi connectivity index (χ4n) is 4.30. The number of hydrogen-bond acceptors (Lipinski definition) is 5. The van der Waals surface area contributed by atoms with Crippen molar-refractivity contribution < 1.29 is 18.4 Å². The Bertz CT molecular complexity index is 1170. The van der Waals surface area contributed by atoms with Gasteiger partial charge in [-0.1, -0.05) is 20.8 Å². The Morgan fingerprint density at radius 1 is 1.23 bits per heavy atom. The van der Waals surface area contributed by atoms with Gasteiger partial charge in [-0.25, -0.2) is 4.79 Å². The van der Waals surface area contributed by atoms with Crippen LogP contribution in [0.2, 0.25) is 0 Å². The maximum absolute atomic E-state index is 12.7. The summed E-state index contributed by atoms with van der Waals surface area (Å²) in [6.07, 6.45) is 3.78. The molecule has 6 heteroatoms. The second-order valence-electron chi connectivity index (χ2n) is 9.28. The molecule has 0 unspecified atom stereocenters. The van der Waals surface area contributed by atoms with Crippen molar-refractivity contribution in [2.45, 2.75) is 65.4 Å². The highest BCUT2D eigenvalue weighted by atomic mass is 16.5. The number of hydrogen-bond donors (Lipinski definition) is 1. The minimum atomic E-state index is -0.478. The Morgan fingerprint density at radius 3 is 2.67 bits per heavy atom. The van der Waals surface area contributed by atoms with Crippen molar-refractivity contribution >= 4 is 27.8 Å². The van der Waals surface area contributed by atoms with Crippen molar-refractivity contribution in [1.82, 2.24) is 5.32 Å². The van der Waals surface area contributed by atoms with Crippen LogP contribution in [-0.4, -0.2) is 25.2 Å². The SMILES string of the molecule is Cc1cc2oc(=O)c(CC(=O)NC[C@H]3CCCO3)c(C)c2c2occ(C(C)(C)C)c12. The Kier molecular flexibility index (Phi) is 5.22.